The number of benzene rings is 1. The van der Waals surface area contributed by atoms with Gasteiger partial charge < -0.3 is 15.2 Å². The van der Waals surface area contributed by atoms with Crippen LogP contribution in [0.3, 0.4) is 0 Å². The Morgan fingerprint density at radius 1 is 1.32 bits per heavy atom. The molecule has 0 heterocycles. The largest absolute Gasteiger partial charge is 0.389 e. The van der Waals surface area contributed by atoms with Gasteiger partial charge in [-0.2, -0.15) is 0 Å². The van der Waals surface area contributed by atoms with E-state index in [-0.39, 0.29) is 19.1 Å². The maximum Gasteiger partial charge on any atom is 0.251 e. The van der Waals surface area contributed by atoms with E-state index in [9.17, 15) is 14.3 Å². The van der Waals surface area contributed by atoms with Gasteiger partial charge in [0.1, 0.15) is 5.82 Å². The predicted molar refractivity (Wildman–Crippen MR) is 70.4 cm³/mol. The van der Waals surface area contributed by atoms with Gasteiger partial charge in [0.15, 0.2) is 0 Å². The zero-order chi connectivity index (χ0) is 14.3. The maximum atomic E-state index is 12.7. The first-order valence-electron chi connectivity index (χ1n) is 6.28. The molecule has 1 rings (SSSR count). The highest BCUT2D eigenvalue weighted by atomic mass is 19.1. The number of carbonyl (C=O) groups is 1. The van der Waals surface area contributed by atoms with Crippen molar-refractivity contribution in [2.24, 2.45) is 5.92 Å². The quantitative estimate of drug-likeness (QED) is 0.790. The highest BCUT2D eigenvalue weighted by Crippen LogP contribution is 2.02. The summed E-state index contributed by atoms with van der Waals surface area (Å²) in [4.78, 5) is 11.7. The molecule has 1 amide bonds. The van der Waals surface area contributed by atoms with Crippen LogP contribution in [0.2, 0.25) is 0 Å². The summed E-state index contributed by atoms with van der Waals surface area (Å²) < 4.78 is 17.9. The van der Waals surface area contributed by atoms with E-state index in [2.05, 4.69) is 5.32 Å². The second kappa shape index (κ2) is 7.86. The first-order valence-corrected chi connectivity index (χ1v) is 6.28. The van der Waals surface area contributed by atoms with Crippen LogP contribution in [-0.2, 0) is 4.74 Å². The lowest BCUT2D eigenvalue weighted by Gasteiger charge is -2.13. The van der Waals surface area contributed by atoms with Crippen molar-refractivity contribution in [1.82, 2.24) is 5.32 Å². The van der Waals surface area contributed by atoms with Gasteiger partial charge in [0.05, 0.1) is 12.7 Å². The summed E-state index contributed by atoms with van der Waals surface area (Å²) >= 11 is 0. The fraction of sp³-hybridized carbons (Fsp3) is 0.500. The van der Waals surface area contributed by atoms with Crippen LogP contribution in [0, 0.1) is 11.7 Å². The molecule has 106 valence electrons. The predicted octanol–water partition coefficient (Wildman–Crippen LogP) is 1.59. The van der Waals surface area contributed by atoms with Crippen LogP contribution >= 0.6 is 0 Å². The number of amides is 1. The van der Waals surface area contributed by atoms with Crippen molar-refractivity contribution in [1.29, 1.82) is 0 Å². The van der Waals surface area contributed by atoms with Crippen LogP contribution in [0.15, 0.2) is 24.3 Å². The molecule has 5 heteroatoms. The molecule has 1 aromatic rings. The van der Waals surface area contributed by atoms with E-state index in [4.69, 9.17) is 4.74 Å². The van der Waals surface area contributed by atoms with Crippen molar-refractivity contribution < 1.29 is 19.0 Å². The second-order valence-corrected chi connectivity index (χ2v) is 4.80. The Kier molecular flexibility index (Phi) is 6.45. The zero-order valence-electron chi connectivity index (χ0n) is 11.2. The zero-order valence-corrected chi connectivity index (χ0v) is 11.2. The summed E-state index contributed by atoms with van der Waals surface area (Å²) in [7, 11) is 0. The Hall–Kier alpha value is -1.46. The molecule has 0 aromatic heterocycles. The Labute approximate surface area is 112 Å². The summed E-state index contributed by atoms with van der Waals surface area (Å²) in [5, 5.41) is 12.2. The number of carbonyl (C=O) groups excluding carboxylic acids is 1. The molecular formula is C14H20FNO3. The van der Waals surface area contributed by atoms with Crippen molar-refractivity contribution in [3.8, 4) is 0 Å². The lowest BCUT2D eigenvalue weighted by atomic mass is 10.2. The van der Waals surface area contributed by atoms with Gasteiger partial charge in [0, 0.05) is 18.7 Å². The van der Waals surface area contributed by atoms with Crippen LogP contribution in [0.4, 0.5) is 4.39 Å². The first kappa shape index (κ1) is 15.6. The first-order chi connectivity index (χ1) is 8.99. The van der Waals surface area contributed by atoms with E-state index in [0.29, 0.717) is 18.1 Å². The topological polar surface area (TPSA) is 58.6 Å². The third-order valence-corrected chi connectivity index (χ3v) is 2.37. The standard InChI is InChI=1S/C14H20FNO3/c1-10(2)8-19-9-13(17)7-16-14(18)11-3-5-12(15)6-4-11/h3-6,10,13,17H,7-9H2,1-2H3,(H,16,18). The number of hydrogen-bond acceptors (Lipinski definition) is 3. The number of aliphatic hydroxyl groups is 1. The highest BCUT2D eigenvalue weighted by Gasteiger charge is 2.09. The lowest BCUT2D eigenvalue weighted by Crippen LogP contribution is -2.34. The third kappa shape index (κ3) is 6.31. The normalized spacial score (nSPS) is 12.5. The highest BCUT2D eigenvalue weighted by molar-refractivity contribution is 5.94. The number of rotatable bonds is 7. The van der Waals surface area contributed by atoms with Gasteiger partial charge in [-0.15, -0.1) is 0 Å². The molecule has 0 radical (unpaired) electrons. The Bertz CT molecular complexity index is 392. The van der Waals surface area contributed by atoms with Gasteiger partial charge in [-0.25, -0.2) is 4.39 Å². The van der Waals surface area contributed by atoms with E-state index in [0.717, 1.165) is 0 Å². The molecule has 0 aliphatic carbocycles. The van der Waals surface area contributed by atoms with Crippen molar-refractivity contribution in [2.45, 2.75) is 20.0 Å². The average Bonchev–Trinajstić information content (AvgIpc) is 2.36. The van der Waals surface area contributed by atoms with Crippen molar-refractivity contribution >= 4 is 5.91 Å². The van der Waals surface area contributed by atoms with E-state index in [1.54, 1.807) is 0 Å². The molecule has 4 nitrogen and oxygen atoms in total. The van der Waals surface area contributed by atoms with Crippen LogP contribution in [0.5, 0.6) is 0 Å². The van der Waals surface area contributed by atoms with E-state index in [1.165, 1.54) is 24.3 Å². The number of halogens is 1. The Morgan fingerprint density at radius 2 is 1.95 bits per heavy atom. The minimum absolute atomic E-state index is 0.105. The summed E-state index contributed by atoms with van der Waals surface area (Å²) in [6, 6.07) is 5.23. The van der Waals surface area contributed by atoms with E-state index < -0.39 is 11.9 Å². The summed E-state index contributed by atoms with van der Waals surface area (Å²) in [5.41, 5.74) is 0.358. The molecule has 0 fully saturated rings. The van der Waals surface area contributed by atoms with Crippen molar-refractivity contribution in [3.05, 3.63) is 35.6 Å². The van der Waals surface area contributed by atoms with Gasteiger partial charge >= 0.3 is 0 Å². The van der Waals surface area contributed by atoms with Gasteiger partial charge in [-0.1, -0.05) is 13.8 Å². The molecular weight excluding hydrogens is 249 g/mol. The smallest absolute Gasteiger partial charge is 0.251 e. The molecule has 0 saturated carbocycles. The monoisotopic (exact) mass is 269 g/mol. The average molecular weight is 269 g/mol. The van der Waals surface area contributed by atoms with Gasteiger partial charge in [-0.05, 0) is 30.2 Å². The van der Waals surface area contributed by atoms with Crippen LogP contribution in [0.25, 0.3) is 0 Å². The molecule has 19 heavy (non-hydrogen) atoms. The van der Waals surface area contributed by atoms with Crippen LogP contribution in [-0.4, -0.2) is 36.9 Å². The fourth-order valence-corrected chi connectivity index (χ4v) is 1.41. The van der Waals surface area contributed by atoms with Crippen LogP contribution < -0.4 is 5.32 Å². The van der Waals surface area contributed by atoms with Gasteiger partial charge in [0.2, 0.25) is 0 Å². The molecule has 1 aromatic carbocycles. The minimum atomic E-state index is -0.747. The van der Waals surface area contributed by atoms with Crippen molar-refractivity contribution in [2.75, 3.05) is 19.8 Å². The summed E-state index contributed by atoms with van der Waals surface area (Å²) in [6.45, 7) is 4.89. The van der Waals surface area contributed by atoms with E-state index >= 15 is 0 Å². The summed E-state index contributed by atoms with van der Waals surface area (Å²) in [6.07, 6.45) is -0.747. The second-order valence-electron chi connectivity index (χ2n) is 4.80. The summed E-state index contributed by atoms with van der Waals surface area (Å²) in [5.74, 6) is -0.331. The minimum Gasteiger partial charge on any atom is -0.389 e. The lowest BCUT2D eigenvalue weighted by molar-refractivity contribution is 0.0259. The number of ether oxygens (including phenoxy) is 1. The molecule has 2 N–H and O–H groups in total. The maximum absolute atomic E-state index is 12.7. The van der Waals surface area contributed by atoms with Crippen LogP contribution in [0.1, 0.15) is 24.2 Å². The molecule has 0 spiro atoms. The molecule has 0 aliphatic heterocycles. The number of hydrogen-bond donors (Lipinski definition) is 2. The molecule has 0 saturated heterocycles. The van der Waals surface area contributed by atoms with E-state index in [1.807, 2.05) is 13.8 Å². The van der Waals surface area contributed by atoms with Gasteiger partial charge in [0.25, 0.3) is 5.91 Å². The molecule has 1 atom stereocenters. The van der Waals surface area contributed by atoms with Gasteiger partial charge in [-0.3, -0.25) is 4.79 Å². The molecule has 0 aliphatic rings. The van der Waals surface area contributed by atoms with Crippen molar-refractivity contribution in [3.63, 3.8) is 0 Å². The Morgan fingerprint density at radius 3 is 2.53 bits per heavy atom. The number of aliphatic hydroxyl groups excluding tert-OH is 1. The fourth-order valence-electron chi connectivity index (χ4n) is 1.41. The number of nitrogens with one attached hydrogen (secondary N) is 1. The molecule has 1 unspecified atom stereocenters. The SMILES string of the molecule is CC(C)COCC(O)CNC(=O)c1ccc(F)cc1. The molecule has 0 bridgehead atoms. The third-order valence-electron chi connectivity index (χ3n) is 2.37. The Balaban J connectivity index is 2.27.